The van der Waals surface area contributed by atoms with Gasteiger partial charge >= 0.3 is 0 Å². The largest absolute Gasteiger partial charge is 0.309 e. The van der Waals surface area contributed by atoms with Crippen LogP contribution in [-0.2, 0) is 4.57 Å². The second kappa shape index (κ2) is 12.2. The zero-order valence-electron chi connectivity index (χ0n) is 30.8. The van der Waals surface area contributed by atoms with E-state index in [0.29, 0.717) is 0 Å². The number of hydrogen-bond donors (Lipinski definition) is 0. The lowest BCUT2D eigenvalue weighted by Gasteiger charge is -2.20. The van der Waals surface area contributed by atoms with Crippen LogP contribution in [0.1, 0.15) is 0 Å². The van der Waals surface area contributed by atoms with Gasteiger partial charge in [0.25, 0.3) is 0 Å². The second-order valence-corrected chi connectivity index (χ2v) is 17.9. The quantitative estimate of drug-likeness (QED) is 0.102. The highest BCUT2D eigenvalue weighted by atomic mass is 31.2. The van der Waals surface area contributed by atoms with Crippen molar-refractivity contribution < 1.29 is 4.57 Å². The fraction of sp³-hybridized carbons (Fsp3) is 0. The van der Waals surface area contributed by atoms with Crippen LogP contribution in [0.5, 0.6) is 0 Å². The molecule has 0 radical (unpaired) electrons. The third kappa shape index (κ3) is 4.80. The molecule has 0 fully saturated rings. The van der Waals surface area contributed by atoms with Gasteiger partial charge in [0.15, 0.2) is 7.14 Å². The zero-order valence-corrected chi connectivity index (χ0v) is 31.7. The van der Waals surface area contributed by atoms with E-state index in [4.69, 9.17) is 4.98 Å². The molecule has 266 valence electrons. The number of benzene rings is 10. The predicted octanol–water partition coefficient (Wildman–Crippen LogP) is 12.7. The molecule has 0 aliphatic carbocycles. The minimum atomic E-state index is -3.08. The van der Waals surface area contributed by atoms with E-state index in [9.17, 15) is 0 Å². The van der Waals surface area contributed by atoms with Gasteiger partial charge in [0.2, 0.25) is 0 Å². The van der Waals surface area contributed by atoms with Gasteiger partial charge in [0.05, 0.1) is 16.6 Å². The summed E-state index contributed by atoms with van der Waals surface area (Å²) < 4.78 is 17.5. The lowest BCUT2D eigenvalue weighted by Crippen LogP contribution is -2.24. The van der Waals surface area contributed by atoms with Crippen molar-refractivity contribution >= 4 is 105 Å². The van der Waals surface area contributed by atoms with Crippen LogP contribution >= 0.6 is 7.14 Å². The molecule has 0 aliphatic rings. The highest BCUT2D eigenvalue weighted by Crippen LogP contribution is 2.44. The van der Waals surface area contributed by atoms with Gasteiger partial charge in [0, 0.05) is 26.7 Å². The van der Waals surface area contributed by atoms with Crippen molar-refractivity contribution in [2.75, 3.05) is 0 Å². The van der Waals surface area contributed by atoms with Crippen LogP contribution in [0.3, 0.4) is 0 Å². The summed E-state index contributed by atoms with van der Waals surface area (Å²) in [6.07, 6.45) is 0. The van der Waals surface area contributed by atoms with Gasteiger partial charge in [-0.05, 0) is 96.0 Å². The number of nitrogens with zero attached hydrogens (tertiary/aromatic N) is 2. The van der Waals surface area contributed by atoms with Gasteiger partial charge < -0.3 is 4.57 Å². The Labute approximate surface area is 328 Å². The Hall–Kier alpha value is -7.06. The summed E-state index contributed by atoms with van der Waals surface area (Å²) in [5.74, 6) is 0. The molecule has 0 N–H and O–H groups in total. The maximum atomic E-state index is 15.1. The van der Waals surface area contributed by atoms with Gasteiger partial charge in [-0.1, -0.05) is 164 Å². The van der Waals surface area contributed by atoms with Crippen LogP contribution in [0.2, 0.25) is 0 Å². The van der Waals surface area contributed by atoms with E-state index in [0.717, 1.165) is 65.4 Å². The summed E-state index contributed by atoms with van der Waals surface area (Å²) in [4.78, 5) is 5.35. The Bertz CT molecular complexity index is 3620. The lowest BCUT2D eigenvalue weighted by molar-refractivity contribution is 0.592. The first-order valence-electron chi connectivity index (χ1n) is 19.4. The molecule has 0 bridgehead atoms. The van der Waals surface area contributed by atoms with Gasteiger partial charge in [-0.15, -0.1) is 0 Å². The number of aromatic nitrogens is 2. The Morgan fingerprint density at radius 3 is 1.70 bits per heavy atom. The molecule has 0 saturated carbocycles. The van der Waals surface area contributed by atoms with Crippen molar-refractivity contribution in [3.8, 4) is 11.1 Å². The Morgan fingerprint density at radius 1 is 0.368 bits per heavy atom. The normalized spacial score (nSPS) is 12.3. The average Bonchev–Trinajstić information content (AvgIpc) is 3.67. The molecule has 12 aromatic rings. The number of hydrogen-bond acceptors (Lipinski definition) is 2. The highest BCUT2D eigenvalue weighted by molar-refractivity contribution is 7.85. The van der Waals surface area contributed by atoms with Crippen LogP contribution in [0.15, 0.2) is 200 Å². The molecule has 0 aliphatic heterocycles. The molecule has 3 nitrogen and oxygen atoms in total. The summed E-state index contributed by atoms with van der Waals surface area (Å²) in [5.41, 5.74) is 6.48. The number of rotatable bonds is 4. The van der Waals surface area contributed by atoms with Crippen LogP contribution in [0, 0.1) is 0 Å². The molecule has 0 atom stereocenters. The van der Waals surface area contributed by atoms with Crippen LogP contribution in [0.4, 0.5) is 0 Å². The third-order valence-electron chi connectivity index (χ3n) is 12.0. The SMILES string of the molecule is O=P(c1ccccc1)(c1ccccc1)c1ccc2c(ccc3cc(-c4ccc5nc6c7c8ccccc8ccc7c7cc8ccccc8cc7n6c5c4)ccc32)c1. The summed E-state index contributed by atoms with van der Waals surface area (Å²) in [6, 6.07) is 70.3. The number of imidazole rings is 1. The Kier molecular flexibility index (Phi) is 6.90. The van der Waals surface area contributed by atoms with E-state index in [1.807, 2.05) is 60.7 Å². The van der Waals surface area contributed by atoms with E-state index < -0.39 is 7.14 Å². The van der Waals surface area contributed by atoms with Gasteiger partial charge in [0.1, 0.15) is 5.65 Å². The summed E-state index contributed by atoms with van der Waals surface area (Å²) in [6.45, 7) is 0. The monoisotopic (exact) mass is 744 g/mol. The molecule has 0 amide bonds. The van der Waals surface area contributed by atoms with Gasteiger partial charge in [-0.3, -0.25) is 4.40 Å². The zero-order chi connectivity index (χ0) is 37.7. The molecule has 10 aromatic carbocycles. The van der Waals surface area contributed by atoms with Crippen molar-refractivity contribution in [1.82, 2.24) is 9.38 Å². The molecule has 0 saturated heterocycles. The predicted molar refractivity (Wildman–Crippen MR) is 243 cm³/mol. The summed E-state index contributed by atoms with van der Waals surface area (Å²) in [7, 11) is -3.08. The van der Waals surface area contributed by atoms with Crippen LogP contribution in [0.25, 0.3) is 92.6 Å². The van der Waals surface area contributed by atoms with Crippen molar-refractivity contribution in [2.45, 2.75) is 0 Å². The smallest absolute Gasteiger partial charge is 0.171 e. The van der Waals surface area contributed by atoms with E-state index in [1.165, 1.54) is 43.1 Å². The fourth-order valence-electron chi connectivity index (χ4n) is 9.19. The van der Waals surface area contributed by atoms with Crippen LogP contribution in [-0.4, -0.2) is 9.38 Å². The second-order valence-electron chi connectivity index (χ2n) is 15.1. The van der Waals surface area contributed by atoms with Crippen molar-refractivity contribution in [3.63, 3.8) is 0 Å². The van der Waals surface area contributed by atoms with E-state index in [1.54, 1.807) is 0 Å². The maximum absolute atomic E-state index is 15.1. The number of pyridine rings is 1. The molecule has 0 spiro atoms. The Morgan fingerprint density at radius 2 is 0.947 bits per heavy atom. The van der Waals surface area contributed by atoms with E-state index in [2.05, 4.69) is 144 Å². The maximum Gasteiger partial charge on any atom is 0.171 e. The molecule has 4 heteroatoms. The molecule has 2 heterocycles. The van der Waals surface area contributed by atoms with E-state index in [-0.39, 0.29) is 0 Å². The topological polar surface area (TPSA) is 34.4 Å². The van der Waals surface area contributed by atoms with Crippen molar-refractivity contribution in [1.29, 1.82) is 0 Å². The fourth-order valence-corrected chi connectivity index (χ4v) is 11.9. The summed E-state index contributed by atoms with van der Waals surface area (Å²) >= 11 is 0. The minimum Gasteiger partial charge on any atom is -0.309 e. The molecule has 57 heavy (non-hydrogen) atoms. The third-order valence-corrected chi connectivity index (χ3v) is 15.0. The number of fused-ring (bicyclic) bond motifs is 14. The minimum absolute atomic E-state index is 0.839. The average molecular weight is 745 g/mol. The standard InChI is InChI=1S/C53H33N2OP/c56-57(41-14-3-1-4-15-41,42-16-5-2-6-17-42)43-24-27-45-40(30-43)20-19-39-29-37(22-25-44(39)45)38-23-28-49-51(33-38)55-50-32-36-13-8-7-12-35(36)31-48(50)47-26-21-34-11-9-10-18-46(34)52(47)53(55)54-49/h1-33H. The first-order valence-corrected chi connectivity index (χ1v) is 21.1. The van der Waals surface area contributed by atoms with Crippen molar-refractivity contribution in [3.05, 3.63) is 200 Å². The van der Waals surface area contributed by atoms with Gasteiger partial charge in [-0.25, -0.2) is 4.98 Å². The molecule has 12 rings (SSSR count). The lowest BCUT2D eigenvalue weighted by atomic mass is 9.97. The molecular formula is C53H33N2OP. The molecular weight excluding hydrogens is 712 g/mol. The molecule has 2 aromatic heterocycles. The van der Waals surface area contributed by atoms with Crippen molar-refractivity contribution in [2.24, 2.45) is 0 Å². The molecule has 0 unspecified atom stereocenters. The van der Waals surface area contributed by atoms with Crippen LogP contribution < -0.4 is 15.9 Å². The first kappa shape index (κ1) is 32.2. The summed E-state index contributed by atoms with van der Waals surface area (Å²) in [5, 5.41) is 15.5. The van der Waals surface area contributed by atoms with E-state index >= 15 is 4.57 Å². The first-order chi connectivity index (χ1) is 28.1. The van der Waals surface area contributed by atoms with Gasteiger partial charge in [-0.2, -0.15) is 0 Å². The Balaban J connectivity index is 1.03. The highest BCUT2D eigenvalue weighted by Gasteiger charge is 2.30.